The zero-order chi connectivity index (χ0) is 24.8. The number of carboxylic acid groups (broad SMARTS) is 1. The van der Waals surface area contributed by atoms with Crippen LogP contribution in [0.1, 0.15) is 28.8 Å². The number of anilines is 1. The number of carbonyl (C=O) groups excluding carboxylic acids is 4. The second-order valence-corrected chi connectivity index (χ2v) is 6.92. The molecule has 11 nitrogen and oxygen atoms in total. The summed E-state index contributed by atoms with van der Waals surface area (Å²) in [5.41, 5.74) is 6.90. The van der Waals surface area contributed by atoms with E-state index >= 15 is 0 Å². The molecule has 0 radical (unpaired) electrons. The minimum Gasteiger partial charge on any atom is -0.475 e. The Morgan fingerprint density at radius 1 is 1.27 bits per heavy atom. The summed E-state index contributed by atoms with van der Waals surface area (Å²) < 4.78 is 36.8. The summed E-state index contributed by atoms with van der Waals surface area (Å²) in [5.74, 6) is -4.19. The minimum absolute atomic E-state index is 0.133. The van der Waals surface area contributed by atoms with Crippen molar-refractivity contribution < 1.29 is 47.0 Å². The molecule has 2 aliphatic heterocycles. The highest BCUT2D eigenvalue weighted by Crippen LogP contribution is 2.32. The molecule has 1 aromatic carbocycles. The quantitative estimate of drug-likeness (QED) is 0.330. The normalized spacial score (nSPS) is 17.6. The van der Waals surface area contributed by atoms with Crippen LogP contribution in [0.2, 0.25) is 0 Å². The average molecular weight is 474 g/mol. The molecule has 1 aromatic rings. The van der Waals surface area contributed by atoms with Crippen molar-refractivity contribution in [2.45, 2.75) is 31.6 Å². The Balaban J connectivity index is 0.000000479. The summed E-state index contributed by atoms with van der Waals surface area (Å²) in [4.78, 5) is 58.4. The van der Waals surface area contributed by atoms with Crippen LogP contribution in [0.25, 0.3) is 0 Å². The Bertz CT molecular complexity index is 952. The second-order valence-electron chi connectivity index (χ2n) is 6.92. The van der Waals surface area contributed by atoms with E-state index in [9.17, 15) is 32.3 Å². The van der Waals surface area contributed by atoms with Gasteiger partial charge in [-0.15, -0.1) is 0 Å². The number of nitrogens with zero attached hydrogens (tertiary/aromatic N) is 1. The molecule has 0 spiro atoms. The topological polar surface area (TPSA) is 168 Å². The predicted octanol–water partition coefficient (Wildman–Crippen LogP) is -0.00530. The zero-order valence-electron chi connectivity index (χ0n) is 17.1. The fourth-order valence-electron chi connectivity index (χ4n) is 3.14. The first-order valence-electron chi connectivity index (χ1n) is 9.60. The smallest absolute Gasteiger partial charge is 0.475 e. The molecule has 5 N–H and O–H groups in total. The highest BCUT2D eigenvalue weighted by Gasteiger charge is 2.40. The lowest BCUT2D eigenvalue weighted by molar-refractivity contribution is -0.192. The molecule has 1 saturated heterocycles. The van der Waals surface area contributed by atoms with Gasteiger partial charge in [0.2, 0.25) is 17.7 Å². The van der Waals surface area contributed by atoms with Crippen molar-refractivity contribution in [2.75, 3.05) is 25.1 Å². The van der Waals surface area contributed by atoms with Crippen molar-refractivity contribution in [3.8, 4) is 0 Å². The van der Waals surface area contributed by atoms with Crippen molar-refractivity contribution >= 4 is 35.3 Å². The number of nitrogens with two attached hydrogens (primary N) is 1. The van der Waals surface area contributed by atoms with Crippen LogP contribution in [0, 0.1) is 0 Å². The van der Waals surface area contributed by atoms with Crippen LogP contribution in [0.4, 0.5) is 18.9 Å². The van der Waals surface area contributed by atoms with Gasteiger partial charge in [-0.3, -0.25) is 24.5 Å². The van der Waals surface area contributed by atoms with Gasteiger partial charge in [0.25, 0.3) is 5.91 Å². The second kappa shape index (κ2) is 10.9. The summed E-state index contributed by atoms with van der Waals surface area (Å²) in [5, 5.41) is 12.1. The third kappa shape index (κ3) is 6.73. The van der Waals surface area contributed by atoms with E-state index in [1.807, 2.05) is 0 Å². The van der Waals surface area contributed by atoms with Crippen LogP contribution >= 0.6 is 0 Å². The highest BCUT2D eigenvalue weighted by molar-refractivity contribution is 6.06. The maximum atomic E-state index is 12.7. The summed E-state index contributed by atoms with van der Waals surface area (Å²) in [6.45, 7) is 0.664. The van der Waals surface area contributed by atoms with Crippen molar-refractivity contribution in [1.29, 1.82) is 0 Å². The molecule has 0 aromatic heterocycles. The Labute approximate surface area is 185 Å². The molecule has 2 heterocycles. The Morgan fingerprint density at radius 2 is 1.94 bits per heavy atom. The highest BCUT2D eigenvalue weighted by atomic mass is 19.4. The van der Waals surface area contributed by atoms with Gasteiger partial charge in [0.05, 0.1) is 6.61 Å². The van der Waals surface area contributed by atoms with Crippen molar-refractivity contribution in [1.82, 2.24) is 10.2 Å². The molecule has 0 aliphatic carbocycles. The molecule has 1 atom stereocenters. The largest absolute Gasteiger partial charge is 0.490 e. The van der Waals surface area contributed by atoms with E-state index in [2.05, 4.69) is 10.6 Å². The monoisotopic (exact) mass is 474 g/mol. The van der Waals surface area contributed by atoms with E-state index in [1.165, 1.54) is 4.90 Å². The zero-order valence-corrected chi connectivity index (χ0v) is 17.1. The Hall–Kier alpha value is -3.52. The van der Waals surface area contributed by atoms with E-state index in [4.69, 9.17) is 20.4 Å². The van der Waals surface area contributed by atoms with E-state index in [1.54, 1.807) is 18.2 Å². The fourth-order valence-corrected chi connectivity index (χ4v) is 3.14. The third-order valence-corrected chi connectivity index (χ3v) is 4.59. The molecule has 3 rings (SSSR count). The summed E-state index contributed by atoms with van der Waals surface area (Å²) in [6.07, 6.45) is -4.60. The van der Waals surface area contributed by atoms with Crippen molar-refractivity contribution in [3.05, 3.63) is 29.3 Å². The maximum Gasteiger partial charge on any atom is 0.490 e. The van der Waals surface area contributed by atoms with Gasteiger partial charge >= 0.3 is 12.1 Å². The molecule has 0 saturated carbocycles. The molecule has 4 amide bonds. The molecule has 14 heteroatoms. The number of alkyl halides is 3. The molecular formula is C19H21F3N4O7. The van der Waals surface area contributed by atoms with Crippen molar-refractivity contribution in [2.24, 2.45) is 5.73 Å². The number of carbonyl (C=O) groups is 5. The number of piperidine rings is 1. The number of fused-ring (bicyclic) bond motifs is 1. The first-order valence-corrected chi connectivity index (χ1v) is 9.60. The first kappa shape index (κ1) is 25.7. The van der Waals surface area contributed by atoms with Crippen LogP contribution in [-0.2, 0) is 30.5 Å². The van der Waals surface area contributed by atoms with Crippen molar-refractivity contribution in [3.63, 3.8) is 0 Å². The lowest BCUT2D eigenvalue weighted by Crippen LogP contribution is -2.52. The number of hydrogen-bond donors (Lipinski definition) is 4. The lowest BCUT2D eigenvalue weighted by atomic mass is 10.0. The van der Waals surface area contributed by atoms with E-state index < -0.39 is 24.1 Å². The van der Waals surface area contributed by atoms with E-state index in [-0.39, 0.29) is 43.9 Å². The maximum absolute atomic E-state index is 12.7. The molecule has 0 bridgehead atoms. The Kier molecular flexibility index (Phi) is 8.48. The number of hydrogen-bond acceptors (Lipinski definition) is 7. The van der Waals surface area contributed by atoms with Crippen LogP contribution < -0.4 is 16.4 Å². The summed E-state index contributed by atoms with van der Waals surface area (Å²) >= 11 is 0. The number of nitrogens with one attached hydrogen (secondary N) is 2. The van der Waals surface area contributed by atoms with Gasteiger partial charge in [-0.1, -0.05) is 6.07 Å². The van der Waals surface area contributed by atoms with E-state index in [0.29, 0.717) is 29.8 Å². The standard InChI is InChI=1S/C17H20N4O5.C2HF3O2/c18-6-7-26-9-15(23)19-12-3-1-2-10-11(12)8-21(17(10)25)13-4-5-14(22)20-16(13)24;3-2(4,5)1(6)7/h1-3,13H,4-9,18H2,(H,19,23)(H,20,22,24);(H,6,7). The van der Waals surface area contributed by atoms with Gasteiger partial charge in [0.15, 0.2) is 0 Å². The molecular weight excluding hydrogens is 453 g/mol. The van der Waals surface area contributed by atoms with Gasteiger partial charge in [0, 0.05) is 36.3 Å². The lowest BCUT2D eigenvalue weighted by Gasteiger charge is -2.29. The molecule has 1 fully saturated rings. The molecule has 2 aliphatic rings. The summed E-state index contributed by atoms with van der Waals surface area (Å²) in [7, 11) is 0. The van der Waals surface area contributed by atoms with Gasteiger partial charge < -0.3 is 25.8 Å². The van der Waals surface area contributed by atoms with Crippen LogP contribution in [-0.4, -0.2) is 71.6 Å². The number of benzene rings is 1. The molecule has 1 unspecified atom stereocenters. The average Bonchev–Trinajstić information content (AvgIpc) is 3.05. The predicted molar refractivity (Wildman–Crippen MR) is 105 cm³/mol. The number of amides is 4. The van der Waals surface area contributed by atoms with Crippen LogP contribution in [0.5, 0.6) is 0 Å². The van der Waals surface area contributed by atoms with Gasteiger partial charge in [0.1, 0.15) is 12.6 Å². The van der Waals surface area contributed by atoms with Gasteiger partial charge in [-0.25, -0.2) is 4.79 Å². The molecule has 180 valence electrons. The number of aliphatic carboxylic acids is 1. The molecule has 33 heavy (non-hydrogen) atoms. The number of imide groups is 1. The number of halogens is 3. The fraction of sp³-hybridized carbons (Fsp3) is 0.421. The number of carboxylic acids is 1. The Morgan fingerprint density at radius 3 is 2.52 bits per heavy atom. The van der Waals surface area contributed by atoms with Crippen LogP contribution in [0.3, 0.4) is 0 Å². The minimum atomic E-state index is -5.08. The number of rotatable bonds is 6. The number of ether oxygens (including phenoxy) is 1. The summed E-state index contributed by atoms with van der Waals surface area (Å²) in [6, 6.07) is 4.33. The van der Waals surface area contributed by atoms with Gasteiger partial charge in [-0.05, 0) is 18.6 Å². The third-order valence-electron chi connectivity index (χ3n) is 4.59. The SMILES string of the molecule is NCCOCC(=O)Nc1cccc2c1CN(C1CCC(=O)NC1=O)C2=O.O=C(O)C(F)(F)F. The first-order chi connectivity index (χ1) is 15.5. The van der Waals surface area contributed by atoms with Gasteiger partial charge in [-0.2, -0.15) is 13.2 Å². The van der Waals surface area contributed by atoms with Crippen LogP contribution in [0.15, 0.2) is 18.2 Å². The van der Waals surface area contributed by atoms with E-state index in [0.717, 1.165) is 0 Å².